The Kier molecular flexibility index (Phi) is 4.23. The highest BCUT2D eigenvalue weighted by molar-refractivity contribution is 8.38. The molecule has 1 aliphatic rings. The van der Waals surface area contributed by atoms with Crippen LogP contribution in [-0.4, -0.2) is 43.6 Å². The van der Waals surface area contributed by atoms with E-state index in [1.165, 1.54) is 11.3 Å². The van der Waals surface area contributed by atoms with Gasteiger partial charge in [0.05, 0.1) is 19.4 Å². The molecule has 23 heavy (non-hydrogen) atoms. The molecule has 3 heterocycles. The van der Waals surface area contributed by atoms with Crippen LogP contribution in [0.2, 0.25) is 0 Å². The molecule has 0 amide bonds. The number of nitrogens with zero attached hydrogens (tertiary/aromatic N) is 5. The molecule has 0 fully saturated rings. The summed E-state index contributed by atoms with van der Waals surface area (Å²) in [4.78, 5) is 5.25. The fraction of sp³-hybridized carbons (Fsp3) is 0.286. The van der Waals surface area contributed by atoms with E-state index in [1.807, 2.05) is 28.8 Å². The van der Waals surface area contributed by atoms with Gasteiger partial charge in [-0.1, -0.05) is 47.0 Å². The van der Waals surface area contributed by atoms with Crippen LogP contribution in [0.5, 0.6) is 5.75 Å². The number of hydrogen-bond acceptors (Lipinski definition) is 8. The molecule has 0 aliphatic carbocycles. The Morgan fingerprint density at radius 1 is 1.35 bits per heavy atom. The number of fused-ring (bicyclic) bond motifs is 1. The van der Waals surface area contributed by atoms with E-state index in [-0.39, 0.29) is 0 Å². The Balaban J connectivity index is 1.60. The lowest BCUT2D eigenvalue weighted by Gasteiger charge is -2.00. The first-order valence-corrected chi connectivity index (χ1v) is 9.78. The highest BCUT2D eigenvalue weighted by atomic mass is 32.2. The van der Waals surface area contributed by atoms with Crippen LogP contribution in [0.4, 0.5) is 0 Å². The maximum absolute atomic E-state index is 5.27. The summed E-state index contributed by atoms with van der Waals surface area (Å²) in [5.41, 5.74) is 1.02. The van der Waals surface area contributed by atoms with E-state index in [4.69, 9.17) is 4.74 Å². The molecule has 1 aromatic carbocycles. The molecule has 6 nitrogen and oxygen atoms in total. The van der Waals surface area contributed by atoms with Crippen molar-refractivity contribution in [2.45, 2.75) is 5.75 Å². The van der Waals surface area contributed by atoms with Crippen LogP contribution in [0.25, 0.3) is 15.5 Å². The maximum Gasteiger partial charge on any atom is 0.235 e. The van der Waals surface area contributed by atoms with Crippen LogP contribution < -0.4 is 4.74 Å². The molecule has 9 heteroatoms. The number of ether oxygens (including phenoxy) is 1. The zero-order chi connectivity index (χ0) is 15.6. The molecule has 0 bridgehead atoms. The lowest BCUT2D eigenvalue weighted by Crippen LogP contribution is -1.95. The molecule has 2 aromatic heterocycles. The summed E-state index contributed by atoms with van der Waals surface area (Å²) in [5, 5.41) is 14.0. The molecule has 0 saturated heterocycles. The molecule has 0 radical (unpaired) electrons. The van der Waals surface area contributed by atoms with Crippen molar-refractivity contribution in [2.75, 3.05) is 19.4 Å². The van der Waals surface area contributed by atoms with Gasteiger partial charge in [0.1, 0.15) is 15.1 Å². The molecule has 3 aromatic rings. The van der Waals surface area contributed by atoms with Gasteiger partial charge in [0.2, 0.25) is 4.96 Å². The van der Waals surface area contributed by atoms with Crippen LogP contribution in [0.15, 0.2) is 29.3 Å². The Hall–Kier alpha value is -1.58. The quantitative estimate of drug-likeness (QED) is 0.709. The van der Waals surface area contributed by atoms with Gasteiger partial charge in [-0.15, -0.1) is 10.2 Å². The van der Waals surface area contributed by atoms with E-state index in [9.17, 15) is 0 Å². The molecule has 0 N–H and O–H groups in total. The molecular formula is C14H13N5OS3. The number of aliphatic imine (C=N–C) groups is 1. The van der Waals surface area contributed by atoms with Gasteiger partial charge >= 0.3 is 0 Å². The average molecular weight is 363 g/mol. The standard InChI is InChI=1S/C14H13N5OS3/c1-20-10-4-2-3-9(7-10)12-18-19-11(16-17-13(19)23-12)8-22-14-15-5-6-21-14/h2-4,7H,5-6,8H2,1H3. The van der Waals surface area contributed by atoms with Gasteiger partial charge in [-0.3, -0.25) is 4.99 Å². The van der Waals surface area contributed by atoms with Gasteiger partial charge in [-0.05, 0) is 12.1 Å². The minimum absolute atomic E-state index is 0.730. The predicted molar refractivity (Wildman–Crippen MR) is 96.7 cm³/mol. The second kappa shape index (κ2) is 6.50. The molecular weight excluding hydrogens is 350 g/mol. The zero-order valence-corrected chi connectivity index (χ0v) is 14.7. The third-order valence-corrected chi connectivity index (χ3v) is 6.45. The monoisotopic (exact) mass is 363 g/mol. The van der Waals surface area contributed by atoms with Gasteiger partial charge in [-0.2, -0.15) is 9.61 Å². The van der Waals surface area contributed by atoms with Gasteiger partial charge in [0.15, 0.2) is 5.82 Å². The second-order valence-electron chi connectivity index (χ2n) is 4.73. The van der Waals surface area contributed by atoms with Crippen molar-refractivity contribution in [1.29, 1.82) is 0 Å². The van der Waals surface area contributed by atoms with Gasteiger partial charge in [-0.25, -0.2) is 0 Å². The molecule has 0 unspecified atom stereocenters. The molecule has 0 saturated carbocycles. The van der Waals surface area contributed by atoms with Gasteiger partial charge in [0.25, 0.3) is 0 Å². The van der Waals surface area contributed by atoms with Crippen LogP contribution in [-0.2, 0) is 5.75 Å². The highest BCUT2D eigenvalue weighted by Gasteiger charge is 2.15. The minimum Gasteiger partial charge on any atom is -0.497 e. The molecule has 0 spiro atoms. The highest BCUT2D eigenvalue weighted by Crippen LogP contribution is 2.29. The summed E-state index contributed by atoms with van der Waals surface area (Å²) >= 11 is 5.03. The summed E-state index contributed by atoms with van der Waals surface area (Å²) in [6, 6.07) is 7.88. The second-order valence-corrected chi connectivity index (χ2v) is 8.00. The van der Waals surface area contributed by atoms with E-state index in [2.05, 4.69) is 20.3 Å². The van der Waals surface area contributed by atoms with Crippen molar-refractivity contribution < 1.29 is 4.74 Å². The molecule has 4 rings (SSSR count). The fourth-order valence-corrected chi connectivity index (χ4v) is 4.92. The van der Waals surface area contributed by atoms with Crippen molar-refractivity contribution in [1.82, 2.24) is 19.8 Å². The van der Waals surface area contributed by atoms with E-state index in [1.54, 1.807) is 30.6 Å². The minimum atomic E-state index is 0.730. The first-order chi connectivity index (χ1) is 11.3. The van der Waals surface area contributed by atoms with Gasteiger partial charge in [0, 0.05) is 11.3 Å². The van der Waals surface area contributed by atoms with Crippen LogP contribution in [0, 0.1) is 0 Å². The maximum atomic E-state index is 5.27. The summed E-state index contributed by atoms with van der Waals surface area (Å²) < 4.78 is 8.23. The predicted octanol–water partition coefficient (Wildman–Crippen LogP) is 3.20. The normalized spacial score (nSPS) is 14.4. The third kappa shape index (κ3) is 3.08. The van der Waals surface area contributed by atoms with Crippen molar-refractivity contribution >= 4 is 44.2 Å². The molecule has 0 atom stereocenters. The third-order valence-electron chi connectivity index (χ3n) is 3.25. The lowest BCUT2D eigenvalue weighted by atomic mass is 10.2. The summed E-state index contributed by atoms with van der Waals surface area (Å²) in [6.07, 6.45) is 0. The largest absolute Gasteiger partial charge is 0.497 e. The van der Waals surface area contributed by atoms with Gasteiger partial charge < -0.3 is 4.74 Å². The summed E-state index contributed by atoms with van der Waals surface area (Å²) in [7, 11) is 1.66. The van der Waals surface area contributed by atoms with Crippen LogP contribution >= 0.6 is 34.9 Å². The average Bonchev–Trinajstić information content (AvgIpc) is 3.30. The first kappa shape index (κ1) is 15.0. The number of aromatic nitrogens is 4. The zero-order valence-electron chi connectivity index (χ0n) is 12.3. The van der Waals surface area contributed by atoms with Crippen LogP contribution in [0.3, 0.4) is 0 Å². The Bertz CT molecular complexity index is 872. The van der Waals surface area contributed by atoms with Crippen molar-refractivity contribution in [3.05, 3.63) is 30.1 Å². The van der Waals surface area contributed by atoms with Crippen molar-refractivity contribution in [3.63, 3.8) is 0 Å². The first-order valence-electron chi connectivity index (χ1n) is 6.99. The summed E-state index contributed by atoms with van der Waals surface area (Å²) in [6.45, 7) is 0.916. The number of rotatable bonds is 4. The Morgan fingerprint density at radius 2 is 2.30 bits per heavy atom. The summed E-state index contributed by atoms with van der Waals surface area (Å²) in [5.74, 6) is 3.48. The molecule has 118 valence electrons. The Morgan fingerprint density at radius 3 is 3.13 bits per heavy atom. The smallest absolute Gasteiger partial charge is 0.235 e. The number of hydrogen-bond donors (Lipinski definition) is 0. The van der Waals surface area contributed by atoms with E-state index < -0.39 is 0 Å². The van der Waals surface area contributed by atoms with Crippen molar-refractivity contribution in [3.8, 4) is 16.3 Å². The van der Waals surface area contributed by atoms with Crippen LogP contribution in [0.1, 0.15) is 5.82 Å². The number of thioether (sulfide) groups is 2. The topological polar surface area (TPSA) is 64.7 Å². The number of benzene rings is 1. The Labute approximate surface area is 145 Å². The SMILES string of the molecule is COc1cccc(-c2nn3c(CSC4=NCCS4)nnc3s2)c1. The van der Waals surface area contributed by atoms with E-state index in [0.717, 1.165) is 49.5 Å². The van der Waals surface area contributed by atoms with E-state index in [0.29, 0.717) is 0 Å². The van der Waals surface area contributed by atoms with Crippen molar-refractivity contribution in [2.24, 2.45) is 4.99 Å². The number of methoxy groups -OCH3 is 1. The molecule has 1 aliphatic heterocycles. The van der Waals surface area contributed by atoms with E-state index >= 15 is 0 Å². The lowest BCUT2D eigenvalue weighted by molar-refractivity contribution is 0.415. The fourth-order valence-electron chi connectivity index (χ4n) is 2.15.